The molecule has 1 amide bonds. The van der Waals surface area contributed by atoms with Gasteiger partial charge in [0, 0.05) is 6.04 Å². The molecule has 0 bridgehead atoms. The van der Waals surface area contributed by atoms with Crippen LogP contribution in [0.3, 0.4) is 0 Å². The number of rotatable bonds is 12. The molecule has 3 aromatic rings. The number of hydrogen-bond acceptors (Lipinski definition) is 4. The number of ether oxygens (including phenoxy) is 1. The van der Waals surface area contributed by atoms with Gasteiger partial charge in [-0.05, 0) is 62.4 Å². The molecule has 0 spiro atoms. The summed E-state index contributed by atoms with van der Waals surface area (Å²) in [5, 5.41) is 3.16. The lowest BCUT2D eigenvalue weighted by Crippen LogP contribution is -2.50. The van der Waals surface area contributed by atoms with E-state index in [9.17, 15) is 13.2 Å². The van der Waals surface area contributed by atoms with Crippen LogP contribution in [0.4, 0.5) is 0 Å². The Labute approximate surface area is 212 Å². The van der Waals surface area contributed by atoms with Crippen molar-refractivity contribution in [3.63, 3.8) is 0 Å². The lowest BCUT2D eigenvalue weighted by molar-refractivity contribution is -0.123. The van der Waals surface area contributed by atoms with Gasteiger partial charge in [0.25, 0.3) is 0 Å². The topological polar surface area (TPSA) is 84.5 Å². The van der Waals surface area contributed by atoms with Crippen LogP contribution < -0.4 is 14.8 Å². The Bertz CT molecular complexity index is 1200. The van der Waals surface area contributed by atoms with E-state index in [0.717, 1.165) is 18.4 Å². The number of sulfonamides is 1. The molecule has 8 heteroatoms. The van der Waals surface area contributed by atoms with E-state index in [-0.39, 0.29) is 28.3 Å². The largest absolute Gasteiger partial charge is 0.492 e. The number of amides is 1. The molecule has 0 fully saturated rings. The van der Waals surface area contributed by atoms with E-state index in [1.54, 1.807) is 0 Å². The van der Waals surface area contributed by atoms with Gasteiger partial charge in [0.05, 0.1) is 16.5 Å². The summed E-state index contributed by atoms with van der Waals surface area (Å²) in [6.45, 7) is 4.14. The fraction of sp³-hybridized carbons (Fsp3) is 0.296. The quantitative estimate of drug-likeness (QED) is 0.365. The Balaban J connectivity index is 1.74. The highest BCUT2D eigenvalue weighted by Gasteiger charge is 2.27. The Morgan fingerprint density at radius 1 is 0.971 bits per heavy atom. The molecule has 0 aliphatic heterocycles. The number of carbonyl (C=O) groups excluding carboxylic acids is 1. The summed E-state index contributed by atoms with van der Waals surface area (Å²) in [4.78, 5) is 13.2. The maximum atomic E-state index is 13.2. The van der Waals surface area contributed by atoms with Crippen LogP contribution in [0.15, 0.2) is 83.8 Å². The molecular weight excluding hydrogens is 484 g/mol. The van der Waals surface area contributed by atoms with Gasteiger partial charge in [-0.2, -0.15) is 4.72 Å². The van der Waals surface area contributed by atoms with Crippen LogP contribution >= 0.6 is 11.6 Å². The van der Waals surface area contributed by atoms with Gasteiger partial charge in [0.1, 0.15) is 11.8 Å². The first-order valence-corrected chi connectivity index (χ1v) is 13.5. The van der Waals surface area contributed by atoms with Gasteiger partial charge >= 0.3 is 0 Å². The van der Waals surface area contributed by atoms with Crippen molar-refractivity contribution in [2.24, 2.45) is 0 Å². The van der Waals surface area contributed by atoms with Crippen molar-refractivity contribution >= 4 is 27.5 Å². The van der Waals surface area contributed by atoms with Crippen LogP contribution in [-0.2, 0) is 27.7 Å². The van der Waals surface area contributed by atoms with E-state index >= 15 is 0 Å². The lowest BCUT2D eigenvalue weighted by atomic mass is 10.0. The van der Waals surface area contributed by atoms with Gasteiger partial charge in [-0.15, -0.1) is 0 Å². The molecule has 0 saturated carbocycles. The Morgan fingerprint density at radius 3 is 2.20 bits per heavy atom. The zero-order valence-corrected chi connectivity index (χ0v) is 21.5. The molecule has 3 rings (SSSR count). The van der Waals surface area contributed by atoms with Crippen LogP contribution in [-0.4, -0.2) is 33.0 Å². The Hall–Kier alpha value is -2.87. The van der Waals surface area contributed by atoms with Gasteiger partial charge in [0.2, 0.25) is 15.9 Å². The molecule has 3 aromatic carbocycles. The molecule has 2 atom stereocenters. The van der Waals surface area contributed by atoms with Crippen molar-refractivity contribution in [2.45, 2.75) is 50.1 Å². The summed E-state index contributed by atoms with van der Waals surface area (Å²) in [5.74, 6) is 0.0222. The highest BCUT2D eigenvalue weighted by Crippen LogP contribution is 2.27. The predicted octanol–water partition coefficient (Wildman–Crippen LogP) is 4.77. The minimum atomic E-state index is -4.02. The van der Waals surface area contributed by atoms with Crippen molar-refractivity contribution in [1.29, 1.82) is 0 Å². The second-order valence-corrected chi connectivity index (χ2v) is 10.4. The number of benzene rings is 3. The minimum absolute atomic E-state index is 0.0334. The van der Waals surface area contributed by atoms with Gasteiger partial charge in [0.15, 0.2) is 0 Å². The van der Waals surface area contributed by atoms with Crippen molar-refractivity contribution in [3.8, 4) is 5.75 Å². The van der Waals surface area contributed by atoms with Crippen LogP contribution in [0.25, 0.3) is 0 Å². The summed E-state index contributed by atoms with van der Waals surface area (Å²) >= 11 is 6.20. The first kappa shape index (κ1) is 26.7. The van der Waals surface area contributed by atoms with E-state index in [1.165, 1.54) is 23.8 Å². The third-order valence-corrected chi connectivity index (χ3v) is 7.27. The van der Waals surface area contributed by atoms with Crippen molar-refractivity contribution in [2.75, 3.05) is 6.61 Å². The molecule has 0 saturated heterocycles. The Kier molecular flexibility index (Phi) is 9.72. The van der Waals surface area contributed by atoms with Crippen molar-refractivity contribution < 1.29 is 17.9 Å². The lowest BCUT2D eigenvalue weighted by Gasteiger charge is -2.22. The van der Waals surface area contributed by atoms with E-state index in [4.69, 9.17) is 16.3 Å². The van der Waals surface area contributed by atoms with Crippen LogP contribution in [0, 0.1) is 0 Å². The highest BCUT2D eigenvalue weighted by molar-refractivity contribution is 7.89. The molecule has 35 heavy (non-hydrogen) atoms. The second-order valence-electron chi connectivity index (χ2n) is 8.32. The van der Waals surface area contributed by atoms with Crippen molar-refractivity contribution in [3.05, 3.63) is 95.0 Å². The molecule has 6 nitrogen and oxygen atoms in total. The number of carbonyl (C=O) groups is 1. The maximum Gasteiger partial charge on any atom is 0.241 e. The van der Waals surface area contributed by atoms with Gasteiger partial charge < -0.3 is 10.1 Å². The summed E-state index contributed by atoms with van der Waals surface area (Å²) in [5.41, 5.74) is 2.03. The first-order valence-electron chi connectivity index (χ1n) is 11.6. The average Bonchev–Trinajstić information content (AvgIpc) is 2.85. The molecule has 0 aliphatic carbocycles. The minimum Gasteiger partial charge on any atom is -0.492 e. The van der Waals surface area contributed by atoms with Crippen molar-refractivity contribution in [1.82, 2.24) is 10.0 Å². The predicted molar refractivity (Wildman–Crippen MR) is 139 cm³/mol. The molecule has 186 valence electrons. The number of halogens is 1. The van der Waals surface area contributed by atoms with Gasteiger partial charge in [-0.25, -0.2) is 8.42 Å². The van der Waals surface area contributed by atoms with E-state index < -0.39 is 16.1 Å². The fourth-order valence-electron chi connectivity index (χ4n) is 3.66. The molecule has 0 aromatic heterocycles. The van der Waals surface area contributed by atoms with Gasteiger partial charge in [-0.3, -0.25) is 4.79 Å². The fourth-order valence-corrected chi connectivity index (χ4v) is 5.18. The number of hydrogen-bond donors (Lipinski definition) is 2. The van der Waals surface area contributed by atoms with Gasteiger partial charge in [-0.1, -0.05) is 72.3 Å². The average molecular weight is 515 g/mol. The van der Waals surface area contributed by atoms with E-state index in [2.05, 4.69) is 10.0 Å². The summed E-state index contributed by atoms with van der Waals surface area (Å²) in [6.07, 6.45) is 1.75. The molecule has 0 radical (unpaired) electrons. The van der Waals surface area contributed by atoms with E-state index in [0.29, 0.717) is 12.4 Å². The van der Waals surface area contributed by atoms with E-state index in [1.807, 2.05) is 74.5 Å². The zero-order chi connectivity index (χ0) is 25.3. The summed E-state index contributed by atoms with van der Waals surface area (Å²) in [6, 6.07) is 22.5. The normalized spacial score (nSPS) is 13.1. The molecule has 0 aliphatic rings. The van der Waals surface area contributed by atoms with Crippen LogP contribution in [0.1, 0.15) is 31.4 Å². The molecule has 2 N–H and O–H groups in total. The Morgan fingerprint density at radius 2 is 1.60 bits per heavy atom. The smallest absolute Gasteiger partial charge is 0.241 e. The SMILES string of the molecule is CCOc1ccc(S(=O)(=O)N[C@H](Cc2ccccc2)C(=O)N[C@@H](C)CCc2ccccc2)cc1Cl. The maximum absolute atomic E-state index is 13.2. The standard InChI is InChI=1S/C27H31ClN2O4S/c1-3-34-26-17-16-23(19-24(26)28)35(32,33)30-25(18-22-12-8-5-9-13-22)27(31)29-20(2)14-15-21-10-6-4-7-11-21/h4-13,16-17,19-20,25,30H,3,14-15,18H2,1-2H3,(H,29,31)/t20-,25+/m0/s1. The molecular formula is C27H31ClN2O4S. The summed E-state index contributed by atoms with van der Waals surface area (Å²) < 4.78 is 34.3. The second kappa shape index (κ2) is 12.7. The third kappa shape index (κ3) is 8.09. The summed E-state index contributed by atoms with van der Waals surface area (Å²) in [7, 11) is -4.02. The molecule has 0 heterocycles. The monoisotopic (exact) mass is 514 g/mol. The first-order chi connectivity index (χ1) is 16.8. The highest BCUT2D eigenvalue weighted by atomic mass is 35.5. The zero-order valence-electron chi connectivity index (χ0n) is 19.9. The van der Waals surface area contributed by atoms with Crippen LogP contribution in [0.5, 0.6) is 5.75 Å². The third-order valence-electron chi connectivity index (χ3n) is 5.51. The number of aryl methyl sites for hydroxylation is 1. The van der Waals surface area contributed by atoms with Crippen LogP contribution in [0.2, 0.25) is 5.02 Å². The molecule has 0 unspecified atom stereocenters. The number of nitrogens with one attached hydrogen (secondary N) is 2.